The topological polar surface area (TPSA) is 46.9 Å². The quantitative estimate of drug-likeness (QED) is 0.596. The number of hydrogen-bond donors (Lipinski definition) is 1. The van der Waals surface area contributed by atoms with Gasteiger partial charge in [-0.05, 0) is 42.7 Å². The van der Waals surface area contributed by atoms with Crippen LogP contribution in [0.5, 0.6) is 0 Å². The summed E-state index contributed by atoms with van der Waals surface area (Å²) in [5.74, 6) is 2.85. The van der Waals surface area contributed by atoms with Gasteiger partial charge in [0, 0.05) is 42.6 Å². The third-order valence-electron chi connectivity index (χ3n) is 4.54. The predicted molar refractivity (Wildman–Crippen MR) is 112 cm³/mol. The number of rotatable bonds is 8. The van der Waals surface area contributed by atoms with E-state index in [-0.39, 0.29) is 5.91 Å². The summed E-state index contributed by atoms with van der Waals surface area (Å²) >= 11 is 1.84. The third-order valence-corrected chi connectivity index (χ3v) is 5.55. The molecule has 0 radical (unpaired) electrons. The normalized spacial score (nSPS) is 10.7. The summed E-state index contributed by atoms with van der Waals surface area (Å²) in [4.78, 5) is 16.5. The Bertz CT molecular complexity index is 887. The number of nitrogens with one attached hydrogen (secondary N) is 1. The zero-order valence-electron chi connectivity index (χ0n) is 15.8. The van der Waals surface area contributed by atoms with Gasteiger partial charge < -0.3 is 9.88 Å². The van der Waals surface area contributed by atoms with Crippen LogP contribution in [0.2, 0.25) is 0 Å². The Kier molecular flexibility index (Phi) is 6.71. The highest BCUT2D eigenvalue weighted by Crippen LogP contribution is 2.15. The van der Waals surface area contributed by atoms with Crippen LogP contribution in [0, 0.1) is 13.8 Å². The molecular weight excluding hydrogens is 354 g/mol. The lowest BCUT2D eigenvalue weighted by Crippen LogP contribution is -2.25. The Balaban J connectivity index is 1.41. The molecule has 2 aromatic carbocycles. The van der Waals surface area contributed by atoms with Crippen LogP contribution in [0.15, 0.2) is 60.9 Å². The van der Waals surface area contributed by atoms with Crippen molar-refractivity contribution in [2.75, 3.05) is 12.3 Å². The number of aryl methyl sites for hydroxylation is 2. The largest absolute Gasteiger partial charge is 0.351 e. The van der Waals surface area contributed by atoms with E-state index in [1.165, 1.54) is 11.1 Å². The van der Waals surface area contributed by atoms with Gasteiger partial charge >= 0.3 is 0 Å². The molecule has 3 rings (SSSR count). The summed E-state index contributed by atoms with van der Waals surface area (Å²) in [6.45, 7) is 5.56. The molecular formula is C22H25N3OS. The molecule has 140 valence electrons. The van der Waals surface area contributed by atoms with Gasteiger partial charge in [0.15, 0.2) is 0 Å². The molecule has 1 aromatic heterocycles. The van der Waals surface area contributed by atoms with E-state index in [0.717, 1.165) is 29.4 Å². The minimum atomic E-state index is -0.0168. The minimum Gasteiger partial charge on any atom is -0.351 e. The lowest BCUT2D eigenvalue weighted by Gasteiger charge is -2.08. The summed E-state index contributed by atoms with van der Waals surface area (Å²) in [6, 6.07) is 16.2. The van der Waals surface area contributed by atoms with Crippen LogP contribution >= 0.6 is 11.8 Å². The molecule has 0 fully saturated rings. The van der Waals surface area contributed by atoms with E-state index in [9.17, 15) is 4.79 Å². The van der Waals surface area contributed by atoms with Crippen LogP contribution in [-0.2, 0) is 12.3 Å². The van der Waals surface area contributed by atoms with Gasteiger partial charge in [-0.1, -0.05) is 36.4 Å². The molecule has 0 bridgehead atoms. The van der Waals surface area contributed by atoms with Crippen LogP contribution < -0.4 is 5.32 Å². The molecule has 5 heteroatoms. The Hall–Kier alpha value is -2.53. The average molecular weight is 380 g/mol. The van der Waals surface area contributed by atoms with Crippen molar-refractivity contribution in [3.8, 4) is 0 Å². The zero-order valence-corrected chi connectivity index (χ0v) is 16.6. The van der Waals surface area contributed by atoms with Gasteiger partial charge in [-0.25, -0.2) is 4.98 Å². The monoisotopic (exact) mass is 379 g/mol. The first-order chi connectivity index (χ1) is 13.1. The summed E-state index contributed by atoms with van der Waals surface area (Å²) in [5, 5.41) is 3.00. The van der Waals surface area contributed by atoms with Crippen molar-refractivity contribution < 1.29 is 4.79 Å². The smallest absolute Gasteiger partial charge is 0.251 e. The van der Waals surface area contributed by atoms with Gasteiger partial charge in [-0.3, -0.25) is 4.79 Å². The summed E-state index contributed by atoms with van der Waals surface area (Å²) < 4.78 is 2.08. The van der Waals surface area contributed by atoms with Crippen molar-refractivity contribution in [3.63, 3.8) is 0 Å². The second kappa shape index (κ2) is 9.42. The minimum absolute atomic E-state index is 0.0168. The van der Waals surface area contributed by atoms with Crippen LogP contribution in [0.4, 0.5) is 0 Å². The van der Waals surface area contributed by atoms with Crippen molar-refractivity contribution in [1.82, 2.24) is 14.9 Å². The van der Waals surface area contributed by atoms with E-state index in [1.54, 1.807) is 6.20 Å². The van der Waals surface area contributed by atoms with E-state index in [2.05, 4.69) is 46.1 Å². The van der Waals surface area contributed by atoms with Gasteiger partial charge in [-0.2, -0.15) is 11.8 Å². The summed E-state index contributed by atoms with van der Waals surface area (Å²) in [6.07, 6.45) is 3.76. The molecule has 0 spiro atoms. The molecule has 0 saturated heterocycles. The zero-order chi connectivity index (χ0) is 19.1. The predicted octanol–water partition coefficient (Wildman–Crippen LogP) is 4.21. The maximum atomic E-state index is 12.3. The Labute approximate surface area is 165 Å². The van der Waals surface area contributed by atoms with E-state index in [0.29, 0.717) is 12.1 Å². The van der Waals surface area contributed by atoms with E-state index < -0.39 is 0 Å². The van der Waals surface area contributed by atoms with Crippen molar-refractivity contribution in [2.24, 2.45) is 0 Å². The Morgan fingerprint density at radius 1 is 1.11 bits per heavy atom. The standard InChI is InChI=1S/C22H25N3OS/c1-17-5-3-4-6-21(17)16-27-14-12-24-22(26)20-9-7-19(8-10-20)15-25-13-11-23-18(25)2/h3-11,13H,12,14-16H2,1-2H3,(H,24,26). The maximum Gasteiger partial charge on any atom is 0.251 e. The highest BCUT2D eigenvalue weighted by atomic mass is 32.2. The summed E-state index contributed by atoms with van der Waals surface area (Å²) in [5.41, 5.74) is 4.53. The molecule has 1 amide bonds. The molecule has 0 atom stereocenters. The maximum absolute atomic E-state index is 12.3. The number of benzene rings is 2. The molecule has 0 unspecified atom stereocenters. The fourth-order valence-electron chi connectivity index (χ4n) is 2.82. The van der Waals surface area contributed by atoms with Gasteiger partial charge in [-0.15, -0.1) is 0 Å². The number of hydrogen-bond acceptors (Lipinski definition) is 3. The molecule has 0 aliphatic carbocycles. The van der Waals surface area contributed by atoms with Crippen LogP contribution in [0.25, 0.3) is 0 Å². The van der Waals surface area contributed by atoms with Crippen LogP contribution in [0.1, 0.15) is 32.9 Å². The number of amides is 1. The number of imidazole rings is 1. The second-order valence-corrected chi connectivity index (χ2v) is 7.64. The van der Waals surface area contributed by atoms with Crippen LogP contribution in [-0.4, -0.2) is 27.8 Å². The number of nitrogens with zero attached hydrogens (tertiary/aromatic N) is 2. The Morgan fingerprint density at radius 2 is 1.89 bits per heavy atom. The van der Waals surface area contributed by atoms with Gasteiger partial charge in [0.25, 0.3) is 5.91 Å². The molecule has 1 heterocycles. The lowest BCUT2D eigenvalue weighted by atomic mass is 10.1. The molecule has 0 saturated carbocycles. The first-order valence-corrected chi connectivity index (χ1v) is 10.3. The van der Waals surface area contributed by atoms with Crippen molar-refractivity contribution in [3.05, 3.63) is 89.0 Å². The van der Waals surface area contributed by atoms with Crippen molar-refractivity contribution >= 4 is 17.7 Å². The van der Waals surface area contributed by atoms with E-state index in [4.69, 9.17) is 0 Å². The molecule has 3 aromatic rings. The Morgan fingerprint density at radius 3 is 2.59 bits per heavy atom. The fourth-order valence-corrected chi connectivity index (χ4v) is 3.76. The van der Waals surface area contributed by atoms with Gasteiger partial charge in [0.05, 0.1) is 0 Å². The average Bonchev–Trinajstić information content (AvgIpc) is 3.08. The fraction of sp³-hybridized carbons (Fsp3) is 0.273. The highest BCUT2D eigenvalue weighted by molar-refractivity contribution is 7.98. The van der Waals surface area contributed by atoms with E-state index in [1.807, 2.05) is 49.1 Å². The number of carbonyl (C=O) groups excluding carboxylic acids is 1. The van der Waals surface area contributed by atoms with Crippen molar-refractivity contribution in [1.29, 1.82) is 0 Å². The first-order valence-electron chi connectivity index (χ1n) is 9.10. The number of aromatic nitrogens is 2. The van der Waals surface area contributed by atoms with Gasteiger partial charge in [0.2, 0.25) is 0 Å². The van der Waals surface area contributed by atoms with E-state index >= 15 is 0 Å². The molecule has 27 heavy (non-hydrogen) atoms. The molecule has 0 aliphatic rings. The number of thioether (sulfide) groups is 1. The third kappa shape index (κ3) is 5.47. The van der Waals surface area contributed by atoms with Crippen molar-refractivity contribution in [2.45, 2.75) is 26.1 Å². The second-order valence-electron chi connectivity index (χ2n) is 6.53. The van der Waals surface area contributed by atoms with Gasteiger partial charge in [0.1, 0.15) is 5.82 Å². The SMILES string of the molecule is Cc1ccccc1CSCCNC(=O)c1ccc(Cn2ccnc2C)cc1. The lowest BCUT2D eigenvalue weighted by molar-refractivity contribution is 0.0956. The first kappa shape index (κ1) is 19.2. The molecule has 0 aliphatic heterocycles. The number of carbonyl (C=O) groups is 1. The molecule has 4 nitrogen and oxygen atoms in total. The summed E-state index contributed by atoms with van der Waals surface area (Å²) in [7, 11) is 0. The highest BCUT2D eigenvalue weighted by Gasteiger charge is 2.06. The molecule has 1 N–H and O–H groups in total. The van der Waals surface area contributed by atoms with Crippen LogP contribution in [0.3, 0.4) is 0 Å².